The number of hydrogen-bond acceptors (Lipinski definition) is 20. The van der Waals surface area contributed by atoms with Gasteiger partial charge in [0.2, 0.25) is 11.8 Å². The lowest BCUT2D eigenvalue weighted by Crippen LogP contribution is -2.39. The normalized spacial score (nSPS) is 14.6. The van der Waals surface area contributed by atoms with Gasteiger partial charge in [0.05, 0.1) is 156 Å². The maximum absolute atomic E-state index is 13.5. The van der Waals surface area contributed by atoms with Gasteiger partial charge in [-0.05, 0) is 228 Å². The standard InChI is InChI=1S/C29H33N5O4S.C28H31N5O4S.C22H19BrN4O2.C21H19BrN4O2/c1-4-15-39(37,38)16-12-31-27(36)18-22-17-25-29(32-19-22)28(26(35)20-33-13-6-5-7-14-33)21(2)34(25)24-10-8-23(30-3)9-11-24;1-4-38(36,37)15-12-30-26(35)17-21-16-24-28(31-18-21)27(25(34)19-32-13-6-5-7-14-32)20(2)33(24)23-10-8-22(29-3)9-11-23;1-14-21(20(29)13-26-9-3-4-18(28)12-26)22-19(10-15(23)11-25-22)27(14)17-7-5-16(24-2)6-8-17;1-14-20(19(27)13-25-9-3-4-10-28-25)21-18(11-15(22)12-24-21)26(14)17-7-5-16(23-2)6-8-17/h4,8-11,15,17,19H,5-7,12-14,16,18,20H2,1-2H3,(H,31,36);4,8-11,16,18H,1,5-7,12-15,17,19H2,2H3,(H,30,35);5-8,10-11H,3-4,9,12-13H2,1H3;5-8,11-12H,3-4,9-10,13H2,1H3/b15-4+;;;. The Labute approximate surface area is 795 Å². The average molecular weight is 1970 g/mol. The first-order valence-electron chi connectivity index (χ1n) is 44.2. The van der Waals surface area contributed by atoms with E-state index in [1.807, 2.05) is 124 Å². The van der Waals surface area contributed by atoms with Crippen LogP contribution in [-0.2, 0) is 51.7 Å². The number of sulfone groups is 2. The van der Waals surface area contributed by atoms with Gasteiger partial charge < -0.3 is 28.9 Å². The second-order valence-corrected chi connectivity index (χ2v) is 39.1. The molecule has 30 nitrogen and oxygen atoms in total. The number of rotatable bonds is 28. The maximum atomic E-state index is 13.5. The van der Waals surface area contributed by atoms with E-state index in [2.05, 4.69) is 98.2 Å². The largest absolute Gasteiger partial charge is 0.355 e. The Morgan fingerprint density at radius 2 is 0.769 bits per heavy atom. The number of nitrogens with one attached hydrogen (secondary N) is 2. The highest BCUT2D eigenvalue weighted by Crippen LogP contribution is 2.37. The molecule has 12 heterocycles. The summed E-state index contributed by atoms with van der Waals surface area (Å²) in [6.45, 7) is 48.5. The molecular formula is C100H102Br2N18O12S2. The van der Waals surface area contributed by atoms with Gasteiger partial charge in [0, 0.05) is 116 Å². The van der Waals surface area contributed by atoms with Crippen molar-refractivity contribution in [1.82, 2.24) is 68.6 Å². The minimum absolute atomic E-state index is 0.00393. The topological polar surface area (TPSA) is 323 Å². The Hall–Kier alpha value is -13.0. The van der Waals surface area contributed by atoms with Gasteiger partial charge in [-0.2, -0.15) is 5.06 Å². The van der Waals surface area contributed by atoms with Crippen molar-refractivity contribution < 1.29 is 55.2 Å². The number of Topliss-reactive ketones (excluding diaryl/α,β-unsaturated/α-hetero) is 5. The molecule has 4 aliphatic rings. The number of carbonyl (C=O) groups is 7. The third-order valence-electron chi connectivity index (χ3n) is 23.7. The fraction of sp³-hybridized carbons (Fsp3) is 0.330. The first-order valence-corrected chi connectivity index (χ1v) is 49.2. The van der Waals surface area contributed by atoms with Gasteiger partial charge in [-0.3, -0.25) is 73.0 Å². The third kappa shape index (κ3) is 24.2. The van der Waals surface area contributed by atoms with Crippen LogP contribution in [0.25, 0.3) is 86.3 Å². The molecule has 0 aliphatic carbocycles. The second-order valence-electron chi connectivity index (χ2n) is 33.2. The molecule has 0 bridgehead atoms. The van der Waals surface area contributed by atoms with E-state index in [4.69, 9.17) is 31.1 Å². The van der Waals surface area contributed by atoms with Crippen LogP contribution in [0.15, 0.2) is 179 Å². The van der Waals surface area contributed by atoms with Crippen LogP contribution in [-0.4, -0.2) is 219 Å². The van der Waals surface area contributed by atoms with E-state index >= 15 is 0 Å². The van der Waals surface area contributed by atoms with Gasteiger partial charge >= 0.3 is 0 Å². The number of hydroxylamine groups is 2. The van der Waals surface area contributed by atoms with Crippen molar-refractivity contribution in [2.75, 3.05) is 103 Å². The van der Waals surface area contributed by atoms with Crippen LogP contribution in [0.3, 0.4) is 0 Å². The predicted molar refractivity (Wildman–Crippen MR) is 525 cm³/mol. The summed E-state index contributed by atoms with van der Waals surface area (Å²) in [5.74, 6) is -0.874. The van der Waals surface area contributed by atoms with Crippen molar-refractivity contribution in [1.29, 1.82) is 0 Å². The molecule has 0 unspecified atom stereocenters. The summed E-state index contributed by atoms with van der Waals surface area (Å²) in [4.78, 5) is 134. The number of nitrogens with zero attached hydrogens (tertiary/aromatic N) is 16. The molecule has 4 aromatic carbocycles. The van der Waals surface area contributed by atoms with Gasteiger partial charge in [0.15, 0.2) is 65.6 Å². The Bertz CT molecular complexity index is 6940. The number of hydrogen-bond donors (Lipinski definition) is 2. The molecule has 0 atom stereocenters. The highest BCUT2D eigenvalue weighted by Gasteiger charge is 2.32. The number of amides is 2. The molecular weight excluding hydrogens is 1870 g/mol. The monoisotopic (exact) mass is 1970 g/mol. The number of allylic oxidation sites excluding steroid dienone is 1. The molecule has 2 amide bonds. The minimum atomic E-state index is -3.40. The lowest BCUT2D eigenvalue weighted by atomic mass is 10.1. The van der Waals surface area contributed by atoms with Gasteiger partial charge in [-0.15, -0.1) is 0 Å². The number of carbonyl (C=O) groups excluding carboxylic acids is 7. The Morgan fingerprint density at radius 3 is 1.10 bits per heavy atom. The number of fused-ring (bicyclic) bond motifs is 4. The zero-order chi connectivity index (χ0) is 95.5. The number of halogens is 2. The number of piperidine rings is 3. The van der Waals surface area contributed by atoms with E-state index in [-0.39, 0.29) is 91.3 Å². The predicted octanol–water partition coefficient (Wildman–Crippen LogP) is 17.3. The molecule has 4 aliphatic heterocycles. The van der Waals surface area contributed by atoms with Crippen LogP contribution in [0.2, 0.25) is 0 Å². The maximum Gasteiger partial charge on any atom is 0.224 e. The molecule has 16 rings (SSSR count). The summed E-state index contributed by atoms with van der Waals surface area (Å²) in [6.07, 6.45) is 18.3. The molecule has 34 heteroatoms. The lowest BCUT2D eigenvalue weighted by Gasteiger charge is -2.25. The van der Waals surface area contributed by atoms with E-state index < -0.39 is 19.7 Å². The van der Waals surface area contributed by atoms with Crippen LogP contribution in [0.1, 0.15) is 146 Å². The molecule has 134 heavy (non-hydrogen) atoms. The van der Waals surface area contributed by atoms with Gasteiger partial charge in [-0.1, -0.05) is 74.0 Å². The number of benzene rings is 4. The first kappa shape index (κ1) is 98.5. The zero-order valence-corrected chi connectivity index (χ0v) is 80.0. The van der Waals surface area contributed by atoms with Crippen molar-refractivity contribution in [3.63, 3.8) is 0 Å². The lowest BCUT2D eigenvalue weighted by molar-refractivity contribution is -0.172. The Morgan fingerprint density at radius 1 is 0.440 bits per heavy atom. The van der Waals surface area contributed by atoms with Crippen LogP contribution < -0.4 is 10.6 Å². The SMILES string of the molecule is [C-]#[N+]c1ccc(-n2c(C)c(C(=O)CN3CCCC(=O)C3)c3ncc(Br)cc32)cc1.[C-]#[N+]c1ccc(-n2c(C)c(C(=O)CN3CCCCC3)c3ncc(CC(=O)NCCS(=O)(=O)/C=C/C)cc32)cc1.[C-]#[N+]c1ccc(-n2c(C)c(C(=O)CN3CCCCC3)c3ncc(CC(=O)NCCS(=O)(=O)C=C)cc32)cc1.[C-]#[N+]c1ccc(-n2c(C)c(C(=O)CN3CCCCO3)c3ncc(Br)cc32)cc1. The molecule has 2 N–H and O–H groups in total. The molecule has 690 valence electrons. The molecule has 0 spiro atoms. The fourth-order valence-electron chi connectivity index (χ4n) is 17.4. The first-order chi connectivity index (χ1) is 64.5. The molecule has 0 saturated carbocycles. The van der Waals surface area contributed by atoms with Crippen molar-refractivity contribution in [2.24, 2.45) is 0 Å². The third-order valence-corrected chi connectivity index (χ3v) is 27.4. The summed E-state index contributed by atoms with van der Waals surface area (Å²) < 4.78 is 56.4. The van der Waals surface area contributed by atoms with Crippen LogP contribution >= 0.6 is 31.9 Å². The molecule has 4 fully saturated rings. The summed E-state index contributed by atoms with van der Waals surface area (Å²) in [5, 5.41) is 9.03. The highest BCUT2D eigenvalue weighted by molar-refractivity contribution is 9.10. The molecule has 4 saturated heterocycles. The van der Waals surface area contributed by atoms with Crippen LogP contribution in [0.5, 0.6) is 0 Å². The van der Waals surface area contributed by atoms with Gasteiger partial charge in [-0.25, -0.2) is 36.2 Å². The van der Waals surface area contributed by atoms with Crippen LogP contribution in [0, 0.1) is 54.0 Å². The van der Waals surface area contributed by atoms with E-state index in [0.717, 1.165) is 161 Å². The second kappa shape index (κ2) is 45.2. The Kier molecular flexibility index (Phi) is 33.2. The highest BCUT2D eigenvalue weighted by atomic mass is 79.9. The summed E-state index contributed by atoms with van der Waals surface area (Å²) >= 11 is 6.96. The number of pyridine rings is 4. The molecule has 12 aromatic rings. The van der Waals surface area contributed by atoms with Gasteiger partial charge in [0.1, 0.15) is 5.78 Å². The Balaban J connectivity index is 0.000000153. The van der Waals surface area contributed by atoms with Crippen molar-refractivity contribution in [2.45, 2.75) is 112 Å². The molecule has 8 aromatic heterocycles. The molecule has 0 radical (unpaired) electrons. The quantitative estimate of drug-likeness (QED) is 0.0340. The number of aromatic nitrogens is 8. The average Bonchev–Trinajstić information content (AvgIpc) is 1.62. The smallest absolute Gasteiger partial charge is 0.224 e. The van der Waals surface area contributed by atoms with E-state index in [1.54, 1.807) is 85.3 Å². The van der Waals surface area contributed by atoms with Crippen molar-refractivity contribution in [3.05, 3.63) is 280 Å². The summed E-state index contributed by atoms with van der Waals surface area (Å²) in [7, 11) is -6.76. The van der Waals surface area contributed by atoms with E-state index in [0.29, 0.717) is 122 Å². The van der Waals surface area contributed by atoms with Crippen LogP contribution in [0.4, 0.5) is 22.7 Å². The fourth-order valence-corrected chi connectivity index (χ4v) is 19.5. The van der Waals surface area contributed by atoms with E-state index in [1.165, 1.54) is 18.9 Å². The van der Waals surface area contributed by atoms with Crippen molar-refractivity contribution >= 4 is 159 Å². The van der Waals surface area contributed by atoms with Crippen molar-refractivity contribution in [3.8, 4) is 22.7 Å². The van der Waals surface area contributed by atoms with E-state index in [9.17, 15) is 50.4 Å². The number of ketones is 5. The summed E-state index contributed by atoms with van der Waals surface area (Å²) in [5.41, 5.74) is 17.8. The van der Waals surface area contributed by atoms with Gasteiger partial charge in [0.25, 0.3) is 0 Å². The summed E-state index contributed by atoms with van der Waals surface area (Å²) in [6, 6.07) is 36.5. The number of likely N-dealkylation sites (tertiary alicyclic amines) is 3. The minimum Gasteiger partial charge on any atom is -0.355 e. The zero-order valence-electron chi connectivity index (χ0n) is 75.2.